The number of rotatable bonds is 3. The summed E-state index contributed by atoms with van der Waals surface area (Å²) in [7, 11) is 0. The zero-order valence-corrected chi connectivity index (χ0v) is 13.3. The molecule has 1 fully saturated rings. The molecule has 1 unspecified atom stereocenters. The van der Waals surface area contributed by atoms with Gasteiger partial charge in [0.2, 0.25) is 11.8 Å². The number of imide groups is 1. The number of hydrogen-bond acceptors (Lipinski definition) is 4. The van der Waals surface area contributed by atoms with Crippen molar-refractivity contribution in [1.29, 1.82) is 0 Å². The third-order valence-electron chi connectivity index (χ3n) is 4.21. The Morgan fingerprint density at radius 3 is 2.60 bits per heavy atom. The predicted molar refractivity (Wildman–Crippen MR) is 78.7 cm³/mol. The van der Waals surface area contributed by atoms with Crippen molar-refractivity contribution in [3.63, 3.8) is 0 Å². The second-order valence-electron chi connectivity index (χ2n) is 5.84. The zero-order chi connectivity index (χ0) is 18.4. The maximum atomic E-state index is 13.4. The number of carbonyl (C=O) groups is 3. The number of hydrogen-bond donors (Lipinski definition) is 1. The molecule has 2 aliphatic heterocycles. The molecule has 0 aromatic heterocycles. The SMILES string of the molecule is CCOc1cc2c(c(C(F)(F)F)c1)C(=O)N(C1CCC(=O)NC1=O)C2. The summed E-state index contributed by atoms with van der Waals surface area (Å²) in [5, 5.41) is 2.11. The summed E-state index contributed by atoms with van der Waals surface area (Å²) in [6, 6.07) is 1.22. The Morgan fingerprint density at radius 2 is 2.00 bits per heavy atom. The van der Waals surface area contributed by atoms with E-state index >= 15 is 0 Å². The normalized spacial score (nSPS) is 20.6. The van der Waals surface area contributed by atoms with Crippen LogP contribution in [-0.4, -0.2) is 35.3 Å². The van der Waals surface area contributed by atoms with Gasteiger partial charge in [0, 0.05) is 13.0 Å². The second-order valence-corrected chi connectivity index (χ2v) is 5.84. The lowest BCUT2D eigenvalue weighted by Crippen LogP contribution is -2.52. The van der Waals surface area contributed by atoms with Crippen LogP contribution < -0.4 is 10.1 Å². The Hall–Kier alpha value is -2.58. The van der Waals surface area contributed by atoms with Crippen LogP contribution in [0.1, 0.15) is 41.3 Å². The summed E-state index contributed by atoms with van der Waals surface area (Å²) < 4.78 is 45.3. The number of halogens is 3. The first-order valence-corrected chi connectivity index (χ1v) is 7.74. The van der Waals surface area contributed by atoms with Crippen molar-refractivity contribution >= 4 is 17.7 Å². The van der Waals surface area contributed by atoms with E-state index in [0.29, 0.717) is 0 Å². The van der Waals surface area contributed by atoms with Gasteiger partial charge in [0.1, 0.15) is 11.8 Å². The van der Waals surface area contributed by atoms with Crippen LogP contribution in [-0.2, 0) is 22.3 Å². The highest BCUT2D eigenvalue weighted by Crippen LogP contribution is 2.40. The van der Waals surface area contributed by atoms with Gasteiger partial charge >= 0.3 is 6.18 Å². The van der Waals surface area contributed by atoms with E-state index in [1.807, 2.05) is 0 Å². The van der Waals surface area contributed by atoms with E-state index in [9.17, 15) is 27.6 Å². The molecule has 1 aromatic carbocycles. The van der Waals surface area contributed by atoms with Gasteiger partial charge in [-0.1, -0.05) is 0 Å². The number of alkyl halides is 3. The molecular formula is C16H15F3N2O4. The molecule has 6 nitrogen and oxygen atoms in total. The number of ether oxygens (including phenoxy) is 1. The molecule has 3 rings (SSSR count). The van der Waals surface area contributed by atoms with E-state index in [1.165, 1.54) is 6.07 Å². The first-order valence-electron chi connectivity index (χ1n) is 7.74. The molecule has 0 saturated carbocycles. The number of piperidine rings is 1. The minimum atomic E-state index is -4.73. The molecule has 3 amide bonds. The maximum Gasteiger partial charge on any atom is 0.417 e. The predicted octanol–water partition coefficient (Wildman–Crippen LogP) is 1.87. The summed E-state index contributed by atoms with van der Waals surface area (Å²) in [5.41, 5.74) is -1.37. The monoisotopic (exact) mass is 356 g/mol. The van der Waals surface area contributed by atoms with Crippen molar-refractivity contribution in [3.05, 3.63) is 28.8 Å². The molecule has 0 spiro atoms. The van der Waals surface area contributed by atoms with Crippen LogP contribution >= 0.6 is 0 Å². The number of fused-ring (bicyclic) bond motifs is 1. The lowest BCUT2D eigenvalue weighted by atomic mass is 10.0. The molecule has 0 radical (unpaired) electrons. The van der Waals surface area contributed by atoms with E-state index in [2.05, 4.69) is 5.32 Å². The number of amides is 3. The minimum absolute atomic E-state index is 0.0199. The lowest BCUT2D eigenvalue weighted by molar-refractivity contribution is -0.138. The fourth-order valence-electron chi connectivity index (χ4n) is 3.15. The Balaban J connectivity index is 2.00. The quantitative estimate of drug-likeness (QED) is 0.839. The number of nitrogens with one attached hydrogen (secondary N) is 1. The third-order valence-corrected chi connectivity index (χ3v) is 4.21. The van der Waals surface area contributed by atoms with Gasteiger partial charge in [-0.25, -0.2) is 0 Å². The van der Waals surface area contributed by atoms with Gasteiger partial charge in [0.25, 0.3) is 5.91 Å². The molecule has 2 heterocycles. The summed E-state index contributed by atoms with van der Waals surface area (Å²) in [6.07, 6.45) is -4.61. The molecule has 1 N–H and O–H groups in total. The van der Waals surface area contributed by atoms with Gasteiger partial charge in [0.15, 0.2) is 0 Å². The molecule has 1 saturated heterocycles. The average molecular weight is 356 g/mol. The summed E-state index contributed by atoms with van der Waals surface area (Å²) >= 11 is 0. The molecule has 1 atom stereocenters. The molecule has 134 valence electrons. The van der Waals surface area contributed by atoms with Gasteiger partial charge < -0.3 is 9.64 Å². The minimum Gasteiger partial charge on any atom is -0.494 e. The van der Waals surface area contributed by atoms with Gasteiger partial charge in [-0.05, 0) is 31.0 Å². The first-order chi connectivity index (χ1) is 11.7. The Morgan fingerprint density at radius 1 is 1.28 bits per heavy atom. The largest absolute Gasteiger partial charge is 0.494 e. The topological polar surface area (TPSA) is 75.7 Å². The van der Waals surface area contributed by atoms with E-state index in [1.54, 1.807) is 6.92 Å². The number of nitrogens with zero attached hydrogens (tertiary/aromatic N) is 1. The van der Waals surface area contributed by atoms with Gasteiger partial charge in [-0.3, -0.25) is 19.7 Å². The van der Waals surface area contributed by atoms with Crippen molar-refractivity contribution in [2.45, 2.75) is 38.5 Å². The highest BCUT2D eigenvalue weighted by molar-refractivity contribution is 6.06. The molecule has 0 aliphatic carbocycles. The molecule has 25 heavy (non-hydrogen) atoms. The van der Waals surface area contributed by atoms with Crippen molar-refractivity contribution in [3.8, 4) is 5.75 Å². The van der Waals surface area contributed by atoms with Crippen molar-refractivity contribution < 1.29 is 32.3 Å². The highest BCUT2D eigenvalue weighted by atomic mass is 19.4. The standard InChI is InChI=1S/C16H15F3N2O4/c1-2-25-9-5-8-7-21(11-3-4-12(22)20-14(11)23)15(24)13(8)10(6-9)16(17,18)19/h5-6,11H,2-4,7H2,1H3,(H,20,22,23). The molecule has 2 aliphatic rings. The highest BCUT2D eigenvalue weighted by Gasteiger charge is 2.45. The first kappa shape index (κ1) is 17.2. The Bertz CT molecular complexity index is 760. The van der Waals surface area contributed by atoms with Crippen LogP contribution in [0.4, 0.5) is 13.2 Å². The maximum absolute atomic E-state index is 13.4. The molecule has 9 heteroatoms. The van der Waals surface area contributed by atoms with E-state index in [-0.39, 0.29) is 37.3 Å². The van der Waals surface area contributed by atoms with Gasteiger partial charge in [-0.15, -0.1) is 0 Å². The van der Waals surface area contributed by atoms with E-state index in [4.69, 9.17) is 4.74 Å². The van der Waals surface area contributed by atoms with Crippen molar-refractivity contribution in [1.82, 2.24) is 10.2 Å². The lowest BCUT2D eigenvalue weighted by Gasteiger charge is -2.29. The summed E-state index contributed by atoms with van der Waals surface area (Å²) in [6.45, 7) is 1.69. The summed E-state index contributed by atoms with van der Waals surface area (Å²) in [5.74, 6) is -1.97. The molecule has 1 aromatic rings. The van der Waals surface area contributed by atoms with Gasteiger partial charge in [-0.2, -0.15) is 13.2 Å². The second kappa shape index (κ2) is 6.05. The fourth-order valence-corrected chi connectivity index (χ4v) is 3.15. The van der Waals surface area contributed by atoms with E-state index in [0.717, 1.165) is 11.0 Å². The fraction of sp³-hybridized carbons (Fsp3) is 0.438. The Labute approximate surface area is 140 Å². The van der Waals surface area contributed by atoms with Crippen LogP contribution in [0.3, 0.4) is 0 Å². The average Bonchev–Trinajstić information content (AvgIpc) is 2.83. The van der Waals surface area contributed by atoms with Crippen molar-refractivity contribution in [2.24, 2.45) is 0 Å². The van der Waals surface area contributed by atoms with Gasteiger partial charge in [0.05, 0.1) is 17.7 Å². The van der Waals surface area contributed by atoms with Crippen LogP contribution in [0.2, 0.25) is 0 Å². The molecule has 0 bridgehead atoms. The van der Waals surface area contributed by atoms with E-state index < -0.39 is 41.1 Å². The van der Waals surface area contributed by atoms with Crippen LogP contribution in [0, 0.1) is 0 Å². The smallest absolute Gasteiger partial charge is 0.417 e. The van der Waals surface area contributed by atoms with Crippen molar-refractivity contribution in [2.75, 3.05) is 6.61 Å². The summed E-state index contributed by atoms with van der Waals surface area (Å²) in [4.78, 5) is 36.9. The van der Waals surface area contributed by atoms with Crippen LogP contribution in [0.25, 0.3) is 0 Å². The molecular weight excluding hydrogens is 341 g/mol. The van der Waals surface area contributed by atoms with Crippen LogP contribution in [0.15, 0.2) is 12.1 Å². The Kier molecular flexibility index (Phi) is 4.18. The zero-order valence-electron chi connectivity index (χ0n) is 13.3. The third kappa shape index (κ3) is 3.06. The number of carbonyl (C=O) groups excluding carboxylic acids is 3. The van der Waals surface area contributed by atoms with Crippen LogP contribution in [0.5, 0.6) is 5.75 Å². The number of benzene rings is 1.